The van der Waals surface area contributed by atoms with Gasteiger partial charge in [0.2, 0.25) is 0 Å². The minimum absolute atomic E-state index is 0.171. The molecule has 0 spiro atoms. The van der Waals surface area contributed by atoms with E-state index in [1.165, 1.54) is 11.3 Å². The van der Waals surface area contributed by atoms with Crippen LogP contribution in [-0.2, 0) is 6.18 Å². The highest BCUT2D eigenvalue weighted by Crippen LogP contribution is 2.32. The minimum Gasteiger partial charge on any atom is -0.289 e. The number of thiophene rings is 1. The Labute approximate surface area is 110 Å². The Balaban J connectivity index is 2.48. The fourth-order valence-electron chi connectivity index (χ4n) is 1.63. The van der Waals surface area contributed by atoms with E-state index in [4.69, 9.17) is 0 Å². The van der Waals surface area contributed by atoms with Gasteiger partial charge in [-0.25, -0.2) is 4.39 Å². The van der Waals surface area contributed by atoms with Crippen molar-refractivity contribution in [3.05, 3.63) is 57.0 Å². The van der Waals surface area contributed by atoms with E-state index in [2.05, 4.69) is 0 Å². The average Bonchev–Trinajstić information content (AvgIpc) is 2.73. The summed E-state index contributed by atoms with van der Waals surface area (Å²) in [5.74, 6) is -1.92. The van der Waals surface area contributed by atoms with Gasteiger partial charge in [-0.3, -0.25) is 4.79 Å². The van der Waals surface area contributed by atoms with Crippen molar-refractivity contribution in [2.24, 2.45) is 0 Å². The van der Waals surface area contributed by atoms with Gasteiger partial charge >= 0.3 is 6.18 Å². The van der Waals surface area contributed by atoms with E-state index in [0.717, 1.165) is 6.07 Å². The summed E-state index contributed by atoms with van der Waals surface area (Å²) in [5, 5.41) is 3.29. The van der Waals surface area contributed by atoms with Gasteiger partial charge in [0.05, 0.1) is 5.56 Å². The Morgan fingerprint density at radius 3 is 2.42 bits per heavy atom. The molecule has 6 heteroatoms. The van der Waals surface area contributed by atoms with Crippen LogP contribution >= 0.6 is 11.3 Å². The van der Waals surface area contributed by atoms with Crippen molar-refractivity contribution in [2.45, 2.75) is 13.1 Å². The maximum atomic E-state index is 13.1. The Hall–Kier alpha value is -1.69. The molecule has 1 aromatic carbocycles. The molecule has 19 heavy (non-hydrogen) atoms. The predicted molar refractivity (Wildman–Crippen MR) is 63.9 cm³/mol. The molecule has 0 unspecified atom stereocenters. The molecule has 0 N–H and O–H groups in total. The average molecular weight is 288 g/mol. The molecule has 0 aliphatic heterocycles. The Bertz CT molecular complexity index is 628. The van der Waals surface area contributed by atoms with Crippen LogP contribution in [-0.4, -0.2) is 5.78 Å². The van der Waals surface area contributed by atoms with Gasteiger partial charge < -0.3 is 0 Å². The summed E-state index contributed by atoms with van der Waals surface area (Å²) < 4.78 is 50.8. The van der Waals surface area contributed by atoms with Crippen molar-refractivity contribution in [2.75, 3.05) is 0 Å². The van der Waals surface area contributed by atoms with E-state index in [-0.39, 0.29) is 5.56 Å². The van der Waals surface area contributed by atoms with Crippen molar-refractivity contribution in [1.82, 2.24) is 0 Å². The summed E-state index contributed by atoms with van der Waals surface area (Å²) in [4.78, 5) is 12.0. The lowest BCUT2D eigenvalue weighted by molar-refractivity contribution is -0.140. The first-order valence-electron chi connectivity index (χ1n) is 5.25. The molecule has 0 saturated carbocycles. The van der Waals surface area contributed by atoms with Crippen molar-refractivity contribution < 1.29 is 22.4 Å². The van der Waals surface area contributed by atoms with Crippen LogP contribution in [0.3, 0.4) is 0 Å². The summed E-state index contributed by atoms with van der Waals surface area (Å²) in [6.07, 6.45) is -4.82. The second kappa shape index (κ2) is 4.77. The predicted octanol–water partition coefficient (Wildman–Crippen LogP) is 4.45. The first-order chi connectivity index (χ1) is 8.80. The number of carbonyl (C=O) groups excluding carboxylic acids is 1. The molecular weight excluding hydrogens is 280 g/mol. The molecule has 1 nitrogen and oxygen atoms in total. The number of aryl methyl sites for hydroxylation is 1. The Kier molecular flexibility index (Phi) is 3.45. The van der Waals surface area contributed by atoms with Gasteiger partial charge in [0.1, 0.15) is 5.82 Å². The topological polar surface area (TPSA) is 17.1 Å². The summed E-state index contributed by atoms with van der Waals surface area (Å²) >= 11 is 1.28. The fraction of sp³-hybridized carbons (Fsp3) is 0.154. The smallest absolute Gasteiger partial charge is 0.289 e. The highest BCUT2D eigenvalue weighted by Gasteiger charge is 2.34. The molecule has 0 saturated heterocycles. The summed E-state index contributed by atoms with van der Waals surface area (Å²) in [6.45, 7) is 1.69. The zero-order chi connectivity index (χ0) is 14.2. The third-order valence-electron chi connectivity index (χ3n) is 2.63. The zero-order valence-corrected chi connectivity index (χ0v) is 10.5. The van der Waals surface area contributed by atoms with E-state index in [1.807, 2.05) is 0 Å². The quantitative estimate of drug-likeness (QED) is 0.589. The lowest BCUT2D eigenvalue weighted by atomic mass is 10.0. The van der Waals surface area contributed by atoms with E-state index in [1.54, 1.807) is 17.7 Å². The van der Waals surface area contributed by atoms with Crippen molar-refractivity contribution in [1.29, 1.82) is 0 Å². The summed E-state index contributed by atoms with van der Waals surface area (Å²) in [5.41, 5.74) is -0.570. The molecule has 0 bridgehead atoms. The molecule has 0 aliphatic carbocycles. The van der Waals surface area contributed by atoms with E-state index in [0.29, 0.717) is 23.3 Å². The molecule has 0 fully saturated rings. The van der Waals surface area contributed by atoms with Crippen molar-refractivity contribution in [3.8, 4) is 0 Å². The monoisotopic (exact) mass is 288 g/mol. The van der Waals surface area contributed by atoms with Crippen LogP contribution < -0.4 is 0 Å². The van der Waals surface area contributed by atoms with E-state index < -0.39 is 23.3 Å². The van der Waals surface area contributed by atoms with Crippen LogP contribution in [0.5, 0.6) is 0 Å². The molecule has 0 atom stereocenters. The molecule has 0 amide bonds. The van der Waals surface area contributed by atoms with Crippen LogP contribution in [0, 0.1) is 12.7 Å². The van der Waals surface area contributed by atoms with Gasteiger partial charge in [-0.15, -0.1) is 0 Å². The number of hydrogen-bond acceptors (Lipinski definition) is 2. The van der Waals surface area contributed by atoms with Crippen LogP contribution in [0.1, 0.15) is 27.0 Å². The second-order valence-corrected chi connectivity index (χ2v) is 4.73. The van der Waals surface area contributed by atoms with Crippen LogP contribution in [0.4, 0.5) is 17.6 Å². The van der Waals surface area contributed by atoms with Crippen LogP contribution in [0.2, 0.25) is 0 Å². The number of ketones is 1. The van der Waals surface area contributed by atoms with Crippen molar-refractivity contribution >= 4 is 17.1 Å². The largest absolute Gasteiger partial charge is 0.419 e. The van der Waals surface area contributed by atoms with Crippen molar-refractivity contribution in [3.63, 3.8) is 0 Å². The molecule has 100 valence electrons. The molecule has 2 aromatic rings. The zero-order valence-electron chi connectivity index (χ0n) is 9.72. The standard InChI is InChI=1S/C13H8F4OS/c1-7-5-19-6-9(7)12(18)8-2-3-11(14)10(4-8)13(15,16)17/h2-6H,1H3. The number of hydrogen-bond donors (Lipinski definition) is 0. The minimum atomic E-state index is -4.82. The molecule has 0 radical (unpaired) electrons. The van der Waals surface area contributed by atoms with E-state index in [9.17, 15) is 22.4 Å². The fourth-order valence-corrected chi connectivity index (χ4v) is 2.46. The molecule has 0 aliphatic rings. The van der Waals surface area contributed by atoms with Gasteiger partial charge in [-0.05, 0) is 36.1 Å². The molecule has 1 aromatic heterocycles. The molecule has 1 heterocycles. The number of carbonyl (C=O) groups is 1. The van der Waals surface area contributed by atoms with E-state index >= 15 is 0 Å². The maximum Gasteiger partial charge on any atom is 0.419 e. The number of benzene rings is 1. The van der Waals surface area contributed by atoms with Gasteiger partial charge in [0, 0.05) is 16.5 Å². The first kappa shape index (κ1) is 13.7. The molecule has 2 rings (SSSR count). The third kappa shape index (κ3) is 2.68. The Morgan fingerprint density at radius 2 is 1.89 bits per heavy atom. The summed E-state index contributed by atoms with van der Waals surface area (Å²) in [7, 11) is 0. The maximum absolute atomic E-state index is 13.1. The lowest BCUT2D eigenvalue weighted by Gasteiger charge is -2.09. The number of rotatable bonds is 2. The first-order valence-corrected chi connectivity index (χ1v) is 6.19. The Morgan fingerprint density at radius 1 is 1.21 bits per heavy atom. The lowest BCUT2D eigenvalue weighted by Crippen LogP contribution is -2.11. The molecular formula is C13H8F4OS. The SMILES string of the molecule is Cc1cscc1C(=O)c1ccc(F)c(C(F)(F)F)c1. The summed E-state index contributed by atoms with van der Waals surface area (Å²) in [6, 6.07) is 2.27. The highest BCUT2D eigenvalue weighted by molar-refractivity contribution is 7.08. The third-order valence-corrected chi connectivity index (χ3v) is 3.50. The second-order valence-electron chi connectivity index (χ2n) is 3.99. The van der Waals surface area contributed by atoms with Crippen LogP contribution in [0.25, 0.3) is 0 Å². The van der Waals surface area contributed by atoms with Gasteiger partial charge in [0.25, 0.3) is 0 Å². The number of halogens is 4. The van der Waals surface area contributed by atoms with Gasteiger partial charge in [-0.2, -0.15) is 24.5 Å². The highest BCUT2D eigenvalue weighted by atomic mass is 32.1. The normalized spacial score (nSPS) is 11.6. The number of alkyl halides is 3. The van der Waals surface area contributed by atoms with Gasteiger partial charge in [-0.1, -0.05) is 0 Å². The van der Waals surface area contributed by atoms with Crippen LogP contribution in [0.15, 0.2) is 29.0 Å². The van der Waals surface area contributed by atoms with Gasteiger partial charge in [0.15, 0.2) is 5.78 Å².